The van der Waals surface area contributed by atoms with E-state index in [-0.39, 0.29) is 82.1 Å². The van der Waals surface area contributed by atoms with Gasteiger partial charge in [-0.25, -0.2) is 9.97 Å². The van der Waals surface area contributed by atoms with Crippen molar-refractivity contribution in [1.29, 1.82) is 0 Å². The number of aliphatic hydroxyl groups is 2. The van der Waals surface area contributed by atoms with E-state index in [4.69, 9.17) is 66.8 Å². The zero-order chi connectivity index (χ0) is 64.9. The van der Waals surface area contributed by atoms with Crippen molar-refractivity contribution in [2.45, 2.75) is 218 Å². The molecule has 22 nitrogen and oxygen atoms in total. The maximum Gasteiger partial charge on any atom is 0.320 e. The molecule has 11 unspecified atom stereocenters. The van der Waals surface area contributed by atoms with Gasteiger partial charge in [-0.2, -0.15) is 0 Å². The van der Waals surface area contributed by atoms with Crippen LogP contribution in [0, 0.1) is 35.5 Å². The van der Waals surface area contributed by atoms with E-state index in [1.165, 1.54) is 57.3 Å². The zero-order valence-corrected chi connectivity index (χ0v) is 56.7. The predicted octanol–water partition coefficient (Wildman–Crippen LogP) is 8.33. The average Bonchev–Trinajstić information content (AvgIpc) is 1.79. The number of thioether (sulfide) groups is 1. The molecule has 1 amide bonds. The third-order valence-electron chi connectivity index (χ3n) is 18.6. The second-order valence-corrected chi connectivity index (χ2v) is 28.0. The van der Waals surface area contributed by atoms with Crippen LogP contribution in [0.2, 0.25) is 10.0 Å². The fourth-order valence-electron chi connectivity index (χ4n) is 13.2. The van der Waals surface area contributed by atoms with Gasteiger partial charge < -0.3 is 73.5 Å². The second-order valence-electron chi connectivity index (χ2n) is 25.9. The van der Waals surface area contributed by atoms with Gasteiger partial charge in [0, 0.05) is 87.3 Å². The van der Waals surface area contributed by atoms with Gasteiger partial charge in [0.05, 0.1) is 74.7 Å². The van der Waals surface area contributed by atoms with Crippen LogP contribution in [0.1, 0.15) is 132 Å². The van der Waals surface area contributed by atoms with Gasteiger partial charge in [0.25, 0.3) is 5.91 Å². The third kappa shape index (κ3) is 16.1. The number of pyridine rings is 2. The number of hydrogen-bond acceptors (Lipinski definition) is 21. The summed E-state index contributed by atoms with van der Waals surface area (Å²) in [7, 11) is 11.0. The molecule has 0 saturated carbocycles. The molecule has 20 atom stereocenters. The Kier molecular flexibility index (Phi) is 25.0. The Morgan fingerprint density at radius 2 is 1.55 bits per heavy atom. The molecule has 0 radical (unpaired) electrons. The molecule has 4 aliphatic heterocycles. The van der Waals surface area contributed by atoms with Gasteiger partial charge in [-0.1, -0.05) is 64.7 Å². The van der Waals surface area contributed by atoms with Crippen LogP contribution in [0.4, 0.5) is 11.5 Å². The lowest BCUT2D eigenvalue weighted by Crippen LogP contribution is -2.61. The molecular weight excluding hydrogens is 1180 g/mol. The topological polar surface area (TPSA) is 271 Å². The lowest BCUT2D eigenvalue weighted by Gasteiger charge is -2.50. The number of likely N-dealkylation sites (N-methyl/N-ethyl adjacent to an activating group) is 1. The minimum Gasteiger partial charge on any atom is -0.458 e. The number of aliphatic hydroxyl groups excluding tert-OH is 2. The van der Waals surface area contributed by atoms with Crippen molar-refractivity contribution in [3.63, 3.8) is 0 Å². The Morgan fingerprint density at radius 3 is 2.13 bits per heavy atom. The first kappa shape index (κ1) is 72.2. The van der Waals surface area contributed by atoms with E-state index in [0.717, 1.165) is 12.0 Å². The summed E-state index contributed by atoms with van der Waals surface area (Å²) in [5.74, 6) is -5.14. The number of aromatic nitrogens is 4. The molecule has 0 aliphatic carbocycles. The summed E-state index contributed by atoms with van der Waals surface area (Å²) in [4.78, 5) is 75.7. The van der Waals surface area contributed by atoms with Gasteiger partial charge in [0.1, 0.15) is 34.9 Å². The maximum absolute atomic E-state index is 15.3. The van der Waals surface area contributed by atoms with E-state index in [9.17, 15) is 19.8 Å². The lowest BCUT2D eigenvalue weighted by molar-refractivity contribution is -0.319. The summed E-state index contributed by atoms with van der Waals surface area (Å²) in [6.07, 6.45) is -0.698. The smallest absolute Gasteiger partial charge is 0.320 e. The number of nitrogens with two attached hydrogens (primary N) is 1. The number of hydrogen-bond donors (Lipinski definition) is 4. The molecule has 7 rings (SSSR count). The molecule has 3 aromatic rings. The molecule has 0 bridgehead atoms. The van der Waals surface area contributed by atoms with Gasteiger partial charge in [-0.05, 0) is 108 Å². The minimum absolute atomic E-state index is 0.0854. The predicted molar refractivity (Wildman–Crippen MR) is 335 cm³/mol. The molecule has 4 fully saturated rings. The number of nitrogens with zero attached hydrogens (tertiary/aromatic N) is 6. The summed E-state index contributed by atoms with van der Waals surface area (Å²) in [5.41, 5.74) is 3.27. The molecule has 87 heavy (non-hydrogen) atoms. The number of methoxy groups -OCH3 is 2. The molecule has 0 spiro atoms. The number of esters is 2. The molecule has 3 aromatic heterocycles. The Bertz CT molecular complexity index is 2820. The summed E-state index contributed by atoms with van der Waals surface area (Å²) in [5, 5.41) is 25.1. The fourth-order valence-corrected chi connectivity index (χ4v) is 15.1. The quantitative estimate of drug-likeness (QED) is 0.0925. The van der Waals surface area contributed by atoms with E-state index in [2.05, 4.69) is 60.0 Å². The Morgan fingerprint density at radius 1 is 0.908 bits per heavy atom. The van der Waals surface area contributed by atoms with Crippen LogP contribution < -0.4 is 11.1 Å². The molecule has 490 valence electrons. The molecule has 5 N–H and O–H groups in total. The molecular formula is C62H98Cl2N8O14S. The van der Waals surface area contributed by atoms with Crippen LogP contribution in [0.3, 0.4) is 0 Å². The number of amides is 1. The second kappa shape index (κ2) is 30.1. The number of Topliss-reactive ketones (excluding diaryl/α,β-unsaturated/α-hetero) is 1. The highest BCUT2D eigenvalue weighted by Gasteiger charge is 2.62. The van der Waals surface area contributed by atoms with Crippen LogP contribution in [-0.4, -0.2) is 201 Å². The number of anilines is 2. The van der Waals surface area contributed by atoms with Crippen molar-refractivity contribution in [2.75, 3.05) is 59.2 Å². The van der Waals surface area contributed by atoms with Crippen LogP contribution in [-0.2, 0) is 58.8 Å². The van der Waals surface area contributed by atoms with Gasteiger partial charge >= 0.3 is 11.9 Å². The summed E-state index contributed by atoms with van der Waals surface area (Å²) in [6, 6.07) is 0.393. The number of halogens is 2. The summed E-state index contributed by atoms with van der Waals surface area (Å²) >= 11 is 13.9. The number of ketones is 1. The number of rotatable bonds is 17. The summed E-state index contributed by atoms with van der Waals surface area (Å²) < 4.78 is 53.6. The Labute approximate surface area is 528 Å². The number of aryl methyl sites for hydroxylation is 1. The van der Waals surface area contributed by atoms with E-state index in [0.29, 0.717) is 11.9 Å². The third-order valence-corrected chi connectivity index (χ3v) is 20.4. The largest absolute Gasteiger partial charge is 0.458 e. The number of nitrogens with one attached hydrogen (secondary N) is 1. The van der Waals surface area contributed by atoms with Crippen molar-refractivity contribution < 1.29 is 67.3 Å². The number of cyclic esters (lactones) is 1. The van der Waals surface area contributed by atoms with Gasteiger partial charge in [0.2, 0.25) is 0 Å². The highest BCUT2D eigenvalue weighted by atomic mass is 35.5. The fraction of sp³-hybridized carbons (Fsp3) is 0.758. The van der Waals surface area contributed by atoms with Gasteiger partial charge in [-0.15, -0.1) is 11.8 Å². The Hall–Kier alpha value is -3.82. The normalized spacial score (nSPS) is 35.8. The van der Waals surface area contributed by atoms with Gasteiger partial charge in [-0.3, -0.25) is 24.2 Å². The average molecular weight is 1280 g/mol. The van der Waals surface area contributed by atoms with Gasteiger partial charge in [0.15, 0.2) is 24.0 Å². The number of nitrogen functional groups attached to an aromatic ring is 1. The van der Waals surface area contributed by atoms with Crippen molar-refractivity contribution in [3.8, 4) is 0 Å². The molecule has 4 aliphatic rings. The number of fused-ring (bicyclic) bond motifs is 2. The molecule has 4 saturated heterocycles. The number of carbonyl (C=O) groups is 4. The molecule has 25 heteroatoms. The lowest BCUT2D eigenvalue weighted by atomic mass is 9.70. The van der Waals surface area contributed by atoms with Crippen molar-refractivity contribution >= 4 is 81.1 Å². The monoisotopic (exact) mass is 1280 g/mol. The maximum atomic E-state index is 15.3. The first-order valence-corrected chi connectivity index (χ1v) is 32.2. The van der Waals surface area contributed by atoms with E-state index < -0.39 is 119 Å². The van der Waals surface area contributed by atoms with Crippen molar-refractivity contribution in [1.82, 2.24) is 29.3 Å². The number of carbonyl (C=O) groups excluding carboxylic acids is 4. The number of imidazole rings is 1. The van der Waals surface area contributed by atoms with Crippen LogP contribution in [0.15, 0.2) is 24.9 Å². The standard InChI is InChI=1S/C54H79Cl2N7O14S.C8H19N/c1-15-35-54(10)37(44(50(69)77-54)78-17-16-63-24-60-39-40(63)31(21-59-47(39)57)48(67)61-38-32(55)22-58-23-33(38)56)27(4)41(64)25(2)19-53(9,71-14)46(76-51-42(65)34(62(11)12)18-26(3)72-51)28(5)43(29(6)49(68)74-35)75-36-20-52(8,70-13)45(66)30(7)73-36;1-7(2)6-8(3)9(4)5/h21-30,34-37,42-46,51,65-66H,15-20H2,1-14H3,(H2,57,59)(H,58,61,67);7-8H,6H2,1-5H3/t25-,26?,27?,28+,29?,30?,34?,35-,36?,37?,42-,43+,44?,45+,46-,51+,52?,53?,54-;/m1./s1. The van der Waals surface area contributed by atoms with Crippen molar-refractivity contribution in [3.05, 3.63) is 40.5 Å². The first-order valence-electron chi connectivity index (χ1n) is 30.4. The van der Waals surface area contributed by atoms with Crippen molar-refractivity contribution in [2.24, 2.45) is 35.5 Å². The summed E-state index contributed by atoms with van der Waals surface area (Å²) in [6.45, 7) is 24.9. The van der Waals surface area contributed by atoms with Crippen LogP contribution >= 0.6 is 35.0 Å². The van der Waals surface area contributed by atoms with E-state index in [1.54, 1.807) is 39.2 Å². The van der Waals surface area contributed by atoms with E-state index in [1.807, 2.05) is 53.6 Å². The zero-order valence-electron chi connectivity index (χ0n) is 54.4. The number of ether oxygens (including phenoxy) is 8. The highest BCUT2D eigenvalue weighted by Crippen LogP contribution is 2.50. The highest BCUT2D eigenvalue weighted by molar-refractivity contribution is 8.00. The SMILES string of the molecule is CC(C)CC(C)N(C)C.CC[C@H]1OC(=O)C(C)[C@@H](OC2CC(C)(OC)[C@@H](O)C(C)O2)[C@H](C)[C@@H](O[C@@H]2OC(C)CC(N(C)C)[C@H]2O)C(C)(OC)C[C@@H](C)C(=O)C(C)C2C(SCCn3cnc4c(N)ncc(C(=O)Nc5c(Cl)cncc5Cl)c43)C(=O)O[C@@]21C. The van der Waals surface area contributed by atoms with Crippen LogP contribution in [0.25, 0.3) is 11.0 Å². The molecule has 7 heterocycles. The van der Waals surface area contributed by atoms with Crippen LogP contribution in [0.5, 0.6) is 0 Å². The minimum atomic E-state index is -1.51. The van der Waals surface area contributed by atoms with E-state index >= 15 is 9.59 Å². The first-order chi connectivity index (χ1) is 40.7. The Balaban J connectivity index is 0.00000124. The molecule has 0 aromatic carbocycles.